The quantitative estimate of drug-likeness (QED) is 0.885. The molecule has 0 spiro atoms. The molecule has 0 aliphatic rings. The zero-order valence-electron chi connectivity index (χ0n) is 11.5. The van der Waals surface area contributed by atoms with Gasteiger partial charge >= 0.3 is 0 Å². The number of halogens is 2. The van der Waals surface area contributed by atoms with Crippen LogP contribution in [0.15, 0.2) is 42.5 Å². The molecule has 2 nitrogen and oxygen atoms in total. The lowest BCUT2D eigenvalue weighted by molar-refractivity contribution is 0.410. The number of hydrogen-bond acceptors (Lipinski definition) is 2. The van der Waals surface area contributed by atoms with E-state index in [1.165, 1.54) is 13.2 Å². The van der Waals surface area contributed by atoms with Gasteiger partial charge in [-0.15, -0.1) is 0 Å². The molecule has 2 aromatic rings. The van der Waals surface area contributed by atoms with E-state index in [1.54, 1.807) is 12.1 Å². The minimum atomic E-state index is -0.275. The fourth-order valence-corrected chi connectivity index (χ4v) is 2.30. The Morgan fingerprint density at radius 2 is 2.00 bits per heavy atom. The highest BCUT2D eigenvalue weighted by Gasteiger charge is 2.10. The molecule has 0 amide bonds. The van der Waals surface area contributed by atoms with Gasteiger partial charge in [0, 0.05) is 29.2 Å². The number of ether oxygens (including phenoxy) is 1. The van der Waals surface area contributed by atoms with E-state index in [0.29, 0.717) is 22.9 Å². The summed E-state index contributed by atoms with van der Waals surface area (Å²) in [4.78, 5) is 0. The molecule has 1 atom stereocenters. The summed E-state index contributed by atoms with van der Waals surface area (Å²) in [6, 6.07) is 12.5. The molecule has 0 aliphatic carbocycles. The number of hydrogen-bond donors (Lipinski definition) is 1. The summed E-state index contributed by atoms with van der Waals surface area (Å²) in [5, 5.41) is 3.98. The lowest BCUT2D eigenvalue weighted by Crippen LogP contribution is -2.19. The zero-order valence-corrected chi connectivity index (χ0v) is 12.2. The van der Waals surface area contributed by atoms with Crippen molar-refractivity contribution in [2.45, 2.75) is 19.5 Å². The van der Waals surface area contributed by atoms with Crippen LogP contribution in [0.5, 0.6) is 5.75 Å². The van der Waals surface area contributed by atoms with Crippen LogP contribution in [0.4, 0.5) is 4.39 Å². The maximum atomic E-state index is 13.8. The third-order valence-electron chi connectivity index (χ3n) is 3.23. The van der Waals surface area contributed by atoms with Crippen molar-refractivity contribution in [1.29, 1.82) is 0 Å². The van der Waals surface area contributed by atoms with Crippen molar-refractivity contribution in [3.8, 4) is 5.75 Å². The molecule has 0 bridgehead atoms. The second-order valence-electron chi connectivity index (χ2n) is 4.58. The number of nitrogens with one attached hydrogen (secondary N) is 1. The first-order valence-corrected chi connectivity index (χ1v) is 6.80. The third-order valence-corrected chi connectivity index (χ3v) is 3.57. The van der Waals surface area contributed by atoms with Crippen LogP contribution in [0.2, 0.25) is 5.02 Å². The number of benzene rings is 2. The Hall–Kier alpha value is -1.58. The molecule has 1 N–H and O–H groups in total. The van der Waals surface area contributed by atoms with Crippen molar-refractivity contribution in [1.82, 2.24) is 5.32 Å². The standard InChI is InChI=1S/C16H17ClFNO/c1-11(14-5-3-4-6-15(14)17)19-10-12-7-8-13(20-2)9-16(12)18/h3-9,11,19H,10H2,1-2H3. The van der Waals surface area contributed by atoms with E-state index >= 15 is 0 Å². The van der Waals surface area contributed by atoms with Gasteiger partial charge in [-0.05, 0) is 24.6 Å². The molecular formula is C16H17ClFNO. The Balaban J connectivity index is 2.04. The largest absolute Gasteiger partial charge is 0.497 e. The van der Waals surface area contributed by atoms with Crippen LogP contribution in [0.25, 0.3) is 0 Å². The maximum absolute atomic E-state index is 13.8. The van der Waals surface area contributed by atoms with Crippen LogP contribution < -0.4 is 10.1 Å². The van der Waals surface area contributed by atoms with Gasteiger partial charge in [-0.3, -0.25) is 0 Å². The van der Waals surface area contributed by atoms with Gasteiger partial charge in [-0.1, -0.05) is 35.9 Å². The summed E-state index contributed by atoms with van der Waals surface area (Å²) in [5.74, 6) is 0.244. The molecule has 0 fully saturated rings. The monoisotopic (exact) mass is 293 g/mol. The average Bonchev–Trinajstić information content (AvgIpc) is 2.46. The fraction of sp³-hybridized carbons (Fsp3) is 0.250. The maximum Gasteiger partial charge on any atom is 0.131 e. The molecule has 0 aliphatic heterocycles. The Bertz CT molecular complexity index is 588. The van der Waals surface area contributed by atoms with E-state index < -0.39 is 0 Å². The van der Waals surface area contributed by atoms with E-state index in [9.17, 15) is 4.39 Å². The van der Waals surface area contributed by atoms with Crippen LogP contribution in [0.1, 0.15) is 24.1 Å². The van der Waals surface area contributed by atoms with Gasteiger partial charge in [0.15, 0.2) is 0 Å². The summed E-state index contributed by atoms with van der Waals surface area (Å²) in [5.41, 5.74) is 1.60. The second kappa shape index (κ2) is 6.73. The van der Waals surface area contributed by atoms with E-state index in [0.717, 1.165) is 5.56 Å². The molecule has 0 aromatic heterocycles. The van der Waals surface area contributed by atoms with E-state index in [4.69, 9.17) is 16.3 Å². The highest BCUT2D eigenvalue weighted by Crippen LogP contribution is 2.23. The normalized spacial score (nSPS) is 12.2. The molecule has 106 valence electrons. The van der Waals surface area contributed by atoms with E-state index in [-0.39, 0.29) is 11.9 Å². The lowest BCUT2D eigenvalue weighted by Gasteiger charge is -2.16. The van der Waals surface area contributed by atoms with Gasteiger partial charge in [0.05, 0.1) is 7.11 Å². The minimum Gasteiger partial charge on any atom is -0.497 e. The Labute approximate surface area is 123 Å². The van der Waals surface area contributed by atoms with Crippen LogP contribution >= 0.6 is 11.6 Å². The van der Waals surface area contributed by atoms with Crippen LogP contribution in [0.3, 0.4) is 0 Å². The Morgan fingerprint density at radius 3 is 2.65 bits per heavy atom. The van der Waals surface area contributed by atoms with Gasteiger partial charge in [0.1, 0.15) is 11.6 Å². The van der Waals surface area contributed by atoms with Crippen molar-refractivity contribution in [3.05, 3.63) is 64.4 Å². The molecule has 0 heterocycles. The minimum absolute atomic E-state index is 0.0465. The van der Waals surface area contributed by atoms with Crippen molar-refractivity contribution < 1.29 is 9.13 Å². The lowest BCUT2D eigenvalue weighted by atomic mass is 10.1. The molecule has 1 unspecified atom stereocenters. The molecule has 2 aromatic carbocycles. The number of rotatable bonds is 5. The predicted octanol–water partition coefficient (Wildman–Crippen LogP) is 4.34. The smallest absolute Gasteiger partial charge is 0.131 e. The average molecular weight is 294 g/mol. The molecular weight excluding hydrogens is 277 g/mol. The van der Waals surface area contributed by atoms with Gasteiger partial charge < -0.3 is 10.1 Å². The van der Waals surface area contributed by atoms with Gasteiger partial charge in [-0.2, -0.15) is 0 Å². The van der Waals surface area contributed by atoms with E-state index in [2.05, 4.69) is 5.32 Å². The number of methoxy groups -OCH3 is 1. The highest BCUT2D eigenvalue weighted by molar-refractivity contribution is 6.31. The van der Waals surface area contributed by atoms with Crippen molar-refractivity contribution in [2.24, 2.45) is 0 Å². The SMILES string of the molecule is COc1ccc(CNC(C)c2ccccc2Cl)c(F)c1. The summed E-state index contributed by atoms with van der Waals surface area (Å²) in [6.45, 7) is 2.44. The third kappa shape index (κ3) is 3.50. The van der Waals surface area contributed by atoms with Crippen molar-refractivity contribution in [3.63, 3.8) is 0 Å². The van der Waals surface area contributed by atoms with Crippen LogP contribution in [-0.4, -0.2) is 7.11 Å². The van der Waals surface area contributed by atoms with Crippen molar-refractivity contribution >= 4 is 11.6 Å². The Kier molecular flexibility index (Phi) is 4.99. The summed E-state index contributed by atoms with van der Waals surface area (Å²) >= 11 is 6.14. The van der Waals surface area contributed by atoms with Crippen LogP contribution in [-0.2, 0) is 6.54 Å². The summed E-state index contributed by atoms with van der Waals surface area (Å²) < 4.78 is 18.8. The predicted molar refractivity (Wildman–Crippen MR) is 79.7 cm³/mol. The Morgan fingerprint density at radius 1 is 1.25 bits per heavy atom. The summed E-state index contributed by atoms with van der Waals surface area (Å²) in [7, 11) is 1.52. The molecule has 4 heteroatoms. The molecule has 2 rings (SSSR count). The van der Waals surface area contributed by atoms with E-state index in [1.807, 2.05) is 31.2 Å². The van der Waals surface area contributed by atoms with Gasteiger partial charge in [-0.25, -0.2) is 4.39 Å². The topological polar surface area (TPSA) is 21.3 Å². The second-order valence-corrected chi connectivity index (χ2v) is 4.99. The zero-order chi connectivity index (χ0) is 14.5. The first-order valence-electron chi connectivity index (χ1n) is 6.42. The molecule has 0 radical (unpaired) electrons. The van der Waals surface area contributed by atoms with Crippen molar-refractivity contribution in [2.75, 3.05) is 7.11 Å². The fourth-order valence-electron chi connectivity index (χ4n) is 2.00. The summed E-state index contributed by atoms with van der Waals surface area (Å²) in [6.07, 6.45) is 0. The van der Waals surface area contributed by atoms with Crippen LogP contribution in [0, 0.1) is 5.82 Å². The molecule has 0 saturated heterocycles. The van der Waals surface area contributed by atoms with Gasteiger partial charge in [0.2, 0.25) is 0 Å². The highest BCUT2D eigenvalue weighted by atomic mass is 35.5. The molecule has 0 saturated carbocycles. The first-order chi connectivity index (χ1) is 9.61. The first kappa shape index (κ1) is 14.8. The molecule has 20 heavy (non-hydrogen) atoms. The van der Waals surface area contributed by atoms with Gasteiger partial charge in [0.25, 0.3) is 0 Å².